The van der Waals surface area contributed by atoms with Crippen LogP contribution in [0.1, 0.15) is 11.6 Å². The molecule has 0 aliphatic rings. The molecule has 0 bridgehead atoms. The van der Waals surface area contributed by atoms with E-state index in [4.69, 9.17) is 5.84 Å². The predicted octanol–water partition coefficient (Wildman–Crippen LogP) is 1.11. The number of para-hydroxylation sites is 1. The quantitative estimate of drug-likeness (QED) is 0.526. The van der Waals surface area contributed by atoms with Gasteiger partial charge in [-0.3, -0.25) is 5.43 Å². The highest BCUT2D eigenvalue weighted by molar-refractivity contribution is 5.86. The molecule has 0 aliphatic heterocycles. The SMILES string of the molecule is Cc1nc(C)n(-c2nc(NN)nc3ccccc23)n1. The number of fused-ring (bicyclic) bond motifs is 1. The lowest BCUT2D eigenvalue weighted by Crippen LogP contribution is -2.13. The fraction of sp³-hybridized carbons (Fsp3) is 0.167. The van der Waals surface area contributed by atoms with E-state index in [9.17, 15) is 0 Å². The molecule has 2 heterocycles. The fourth-order valence-corrected chi connectivity index (χ4v) is 2.01. The second kappa shape index (κ2) is 4.29. The third-order valence-corrected chi connectivity index (χ3v) is 2.79. The van der Waals surface area contributed by atoms with E-state index >= 15 is 0 Å². The number of aromatic nitrogens is 5. The summed E-state index contributed by atoms with van der Waals surface area (Å²) in [7, 11) is 0. The molecule has 0 radical (unpaired) electrons. The Morgan fingerprint density at radius 2 is 1.89 bits per heavy atom. The predicted molar refractivity (Wildman–Crippen MR) is 71.7 cm³/mol. The van der Waals surface area contributed by atoms with Crippen LogP contribution in [0.15, 0.2) is 24.3 Å². The third-order valence-electron chi connectivity index (χ3n) is 2.79. The Morgan fingerprint density at radius 1 is 1.11 bits per heavy atom. The summed E-state index contributed by atoms with van der Waals surface area (Å²) in [4.78, 5) is 13.0. The lowest BCUT2D eigenvalue weighted by Gasteiger charge is -2.08. The lowest BCUT2D eigenvalue weighted by atomic mass is 10.2. The van der Waals surface area contributed by atoms with Crippen molar-refractivity contribution in [3.8, 4) is 5.82 Å². The van der Waals surface area contributed by atoms with Crippen molar-refractivity contribution >= 4 is 16.9 Å². The van der Waals surface area contributed by atoms with Gasteiger partial charge in [0.2, 0.25) is 5.95 Å². The molecular weight excluding hydrogens is 242 g/mol. The van der Waals surface area contributed by atoms with Crippen molar-refractivity contribution in [1.29, 1.82) is 0 Å². The zero-order chi connectivity index (χ0) is 13.4. The van der Waals surface area contributed by atoms with Gasteiger partial charge < -0.3 is 0 Å². The number of nitrogen functional groups attached to an aromatic ring is 1. The van der Waals surface area contributed by atoms with Crippen LogP contribution in [-0.4, -0.2) is 24.7 Å². The van der Waals surface area contributed by atoms with Crippen LogP contribution in [0.2, 0.25) is 0 Å². The summed E-state index contributed by atoms with van der Waals surface area (Å²) >= 11 is 0. The first-order chi connectivity index (χ1) is 9.19. The highest BCUT2D eigenvalue weighted by atomic mass is 15.4. The summed E-state index contributed by atoms with van der Waals surface area (Å²) in [5.74, 6) is 7.89. The van der Waals surface area contributed by atoms with E-state index in [-0.39, 0.29) is 0 Å². The summed E-state index contributed by atoms with van der Waals surface area (Å²) in [5.41, 5.74) is 3.27. The molecule has 0 saturated heterocycles. The number of nitrogens with zero attached hydrogens (tertiary/aromatic N) is 5. The Balaban J connectivity index is 2.35. The Kier molecular flexibility index (Phi) is 2.60. The molecule has 7 heteroatoms. The van der Waals surface area contributed by atoms with Crippen LogP contribution >= 0.6 is 0 Å². The average Bonchev–Trinajstić information content (AvgIpc) is 2.76. The molecule has 1 aromatic carbocycles. The van der Waals surface area contributed by atoms with Crippen LogP contribution in [0.25, 0.3) is 16.7 Å². The van der Waals surface area contributed by atoms with Crippen molar-refractivity contribution in [2.45, 2.75) is 13.8 Å². The number of hydrogen-bond donors (Lipinski definition) is 2. The second-order valence-corrected chi connectivity index (χ2v) is 4.15. The van der Waals surface area contributed by atoms with Gasteiger partial charge in [-0.05, 0) is 26.0 Å². The molecule has 19 heavy (non-hydrogen) atoms. The Hall–Kier alpha value is -2.54. The van der Waals surface area contributed by atoms with Gasteiger partial charge in [0.25, 0.3) is 0 Å². The number of hydrogen-bond acceptors (Lipinski definition) is 6. The third kappa shape index (κ3) is 1.89. The Labute approximate surface area is 109 Å². The number of hydrazine groups is 1. The van der Waals surface area contributed by atoms with Gasteiger partial charge in [-0.25, -0.2) is 15.8 Å². The molecule has 3 aromatic rings. The van der Waals surface area contributed by atoms with Crippen LogP contribution in [0.3, 0.4) is 0 Å². The fourth-order valence-electron chi connectivity index (χ4n) is 2.01. The molecular formula is C12H13N7. The average molecular weight is 255 g/mol. The van der Waals surface area contributed by atoms with Gasteiger partial charge in [-0.2, -0.15) is 9.67 Å². The van der Waals surface area contributed by atoms with E-state index in [0.29, 0.717) is 17.6 Å². The molecule has 0 unspecified atom stereocenters. The second-order valence-electron chi connectivity index (χ2n) is 4.15. The molecule has 2 aromatic heterocycles. The summed E-state index contributed by atoms with van der Waals surface area (Å²) < 4.78 is 1.69. The van der Waals surface area contributed by atoms with Crippen LogP contribution < -0.4 is 11.3 Å². The molecule has 0 amide bonds. The monoisotopic (exact) mass is 255 g/mol. The first-order valence-electron chi connectivity index (χ1n) is 5.83. The van der Waals surface area contributed by atoms with Gasteiger partial charge in [0.1, 0.15) is 11.6 Å². The number of nitrogens with two attached hydrogens (primary N) is 1. The zero-order valence-corrected chi connectivity index (χ0v) is 10.6. The first-order valence-corrected chi connectivity index (χ1v) is 5.83. The van der Waals surface area contributed by atoms with Gasteiger partial charge in [-0.1, -0.05) is 12.1 Å². The Bertz CT molecular complexity index is 747. The minimum Gasteiger partial charge on any atom is -0.292 e. The zero-order valence-electron chi connectivity index (χ0n) is 10.6. The number of aryl methyl sites for hydroxylation is 2. The van der Waals surface area contributed by atoms with E-state index in [1.54, 1.807) is 4.68 Å². The number of nitrogens with one attached hydrogen (secondary N) is 1. The maximum Gasteiger partial charge on any atom is 0.239 e. The van der Waals surface area contributed by atoms with Crippen LogP contribution in [-0.2, 0) is 0 Å². The highest BCUT2D eigenvalue weighted by Crippen LogP contribution is 2.21. The molecule has 0 fully saturated rings. The molecule has 0 aliphatic carbocycles. The first kappa shape index (κ1) is 11.5. The minimum absolute atomic E-state index is 0.348. The number of rotatable bonds is 2. The van der Waals surface area contributed by atoms with Gasteiger partial charge in [0.15, 0.2) is 5.82 Å². The normalized spacial score (nSPS) is 10.9. The summed E-state index contributed by atoms with van der Waals surface area (Å²) in [6.07, 6.45) is 0. The van der Waals surface area contributed by atoms with E-state index < -0.39 is 0 Å². The van der Waals surface area contributed by atoms with E-state index in [2.05, 4.69) is 25.5 Å². The van der Waals surface area contributed by atoms with E-state index in [1.807, 2.05) is 38.1 Å². The van der Waals surface area contributed by atoms with Crippen molar-refractivity contribution in [2.75, 3.05) is 5.43 Å². The molecule has 7 nitrogen and oxygen atoms in total. The van der Waals surface area contributed by atoms with Crippen molar-refractivity contribution < 1.29 is 0 Å². The van der Waals surface area contributed by atoms with Gasteiger partial charge in [0, 0.05) is 5.39 Å². The smallest absolute Gasteiger partial charge is 0.239 e. The maximum atomic E-state index is 5.41. The summed E-state index contributed by atoms with van der Waals surface area (Å²) in [5, 5.41) is 5.25. The number of benzene rings is 1. The van der Waals surface area contributed by atoms with Crippen molar-refractivity contribution in [3.05, 3.63) is 35.9 Å². The molecule has 3 rings (SSSR count). The molecule has 0 atom stereocenters. The highest BCUT2D eigenvalue weighted by Gasteiger charge is 2.12. The van der Waals surface area contributed by atoms with Crippen LogP contribution in [0.5, 0.6) is 0 Å². The summed E-state index contributed by atoms with van der Waals surface area (Å²) in [6.45, 7) is 3.72. The van der Waals surface area contributed by atoms with E-state index in [0.717, 1.165) is 16.7 Å². The van der Waals surface area contributed by atoms with Crippen molar-refractivity contribution in [2.24, 2.45) is 5.84 Å². The van der Waals surface area contributed by atoms with Crippen molar-refractivity contribution in [3.63, 3.8) is 0 Å². The minimum atomic E-state index is 0.348. The molecule has 0 spiro atoms. The standard InChI is InChI=1S/C12H13N7/c1-7-14-8(2)19(18-7)11-9-5-3-4-6-10(9)15-12(16-11)17-13/h3-6H,13H2,1-2H3,(H,15,16,17). The molecule has 0 saturated carbocycles. The maximum absolute atomic E-state index is 5.41. The lowest BCUT2D eigenvalue weighted by molar-refractivity contribution is 0.808. The largest absolute Gasteiger partial charge is 0.292 e. The van der Waals surface area contributed by atoms with Gasteiger partial charge in [0.05, 0.1) is 5.52 Å². The molecule has 96 valence electrons. The van der Waals surface area contributed by atoms with Gasteiger partial charge >= 0.3 is 0 Å². The number of anilines is 1. The summed E-state index contributed by atoms with van der Waals surface area (Å²) in [6, 6.07) is 7.70. The van der Waals surface area contributed by atoms with E-state index in [1.165, 1.54) is 0 Å². The Morgan fingerprint density at radius 3 is 2.58 bits per heavy atom. The van der Waals surface area contributed by atoms with Crippen LogP contribution in [0.4, 0.5) is 5.95 Å². The van der Waals surface area contributed by atoms with Crippen LogP contribution in [0, 0.1) is 13.8 Å². The molecule has 3 N–H and O–H groups in total. The van der Waals surface area contributed by atoms with Crippen molar-refractivity contribution in [1.82, 2.24) is 24.7 Å². The van der Waals surface area contributed by atoms with Gasteiger partial charge in [-0.15, -0.1) is 5.10 Å². The topological polar surface area (TPSA) is 94.5 Å².